The topological polar surface area (TPSA) is 72.1 Å². The molecule has 1 amide bonds. The number of nitrogens with zero attached hydrogens (tertiary/aromatic N) is 3. The molecule has 0 aromatic carbocycles. The van der Waals surface area contributed by atoms with Crippen LogP contribution >= 0.6 is 11.5 Å². The molecule has 2 rings (SSSR count). The van der Waals surface area contributed by atoms with E-state index in [9.17, 15) is 4.79 Å². The Labute approximate surface area is 98.8 Å². The summed E-state index contributed by atoms with van der Waals surface area (Å²) in [4.78, 5) is 14.6. The van der Waals surface area contributed by atoms with Gasteiger partial charge in [-0.25, -0.2) is 0 Å². The van der Waals surface area contributed by atoms with Crippen molar-refractivity contribution in [3.8, 4) is 0 Å². The van der Waals surface area contributed by atoms with Crippen LogP contribution in [0.2, 0.25) is 0 Å². The average Bonchev–Trinajstić information content (AvgIpc) is 2.82. The van der Waals surface area contributed by atoms with E-state index in [1.54, 1.807) is 6.20 Å². The van der Waals surface area contributed by atoms with Gasteiger partial charge in [0.25, 0.3) is 5.91 Å². The number of likely N-dealkylation sites (tertiary alicyclic amines) is 1. The van der Waals surface area contributed by atoms with Crippen LogP contribution in [0.3, 0.4) is 0 Å². The maximum Gasteiger partial charge on any atom is 0.267 e. The van der Waals surface area contributed by atoms with Gasteiger partial charge in [-0.3, -0.25) is 4.79 Å². The third kappa shape index (κ3) is 2.56. The zero-order valence-corrected chi connectivity index (χ0v) is 9.95. The first-order valence-electron chi connectivity index (χ1n) is 5.58. The lowest BCUT2D eigenvalue weighted by Crippen LogP contribution is -2.40. The number of nitrogens with two attached hydrogens (primary N) is 1. The van der Waals surface area contributed by atoms with Gasteiger partial charge in [0.1, 0.15) is 4.88 Å². The summed E-state index contributed by atoms with van der Waals surface area (Å²) in [5.74, 6) is 0.625. The molecule has 0 aliphatic carbocycles. The summed E-state index contributed by atoms with van der Waals surface area (Å²) < 4.78 is 3.72. The summed E-state index contributed by atoms with van der Waals surface area (Å²) in [6.07, 6.45) is 4.80. The molecule has 1 aromatic rings. The Hall–Kier alpha value is -1.01. The van der Waals surface area contributed by atoms with Gasteiger partial charge in [-0.2, -0.15) is 0 Å². The van der Waals surface area contributed by atoms with Crippen molar-refractivity contribution in [2.45, 2.75) is 19.3 Å². The smallest absolute Gasteiger partial charge is 0.267 e. The number of hydrogen-bond acceptors (Lipinski definition) is 5. The standard InChI is InChI=1S/C10H16N4OS/c11-4-3-8-2-1-5-14(7-8)10(15)9-6-12-13-16-9/h6,8H,1-5,7,11H2. The molecule has 1 aliphatic rings. The molecule has 0 radical (unpaired) electrons. The molecular weight excluding hydrogens is 224 g/mol. The van der Waals surface area contributed by atoms with E-state index in [2.05, 4.69) is 9.59 Å². The van der Waals surface area contributed by atoms with E-state index in [0.717, 1.165) is 37.5 Å². The molecule has 0 bridgehead atoms. The highest BCUT2D eigenvalue weighted by Crippen LogP contribution is 2.21. The predicted molar refractivity (Wildman–Crippen MR) is 62.2 cm³/mol. The van der Waals surface area contributed by atoms with Crippen molar-refractivity contribution in [3.63, 3.8) is 0 Å². The molecule has 1 aliphatic heterocycles. The third-order valence-electron chi connectivity index (χ3n) is 2.95. The Morgan fingerprint density at radius 3 is 3.25 bits per heavy atom. The normalized spacial score (nSPS) is 21.1. The highest BCUT2D eigenvalue weighted by atomic mass is 32.1. The number of aromatic nitrogens is 2. The molecule has 1 fully saturated rings. The van der Waals surface area contributed by atoms with Crippen molar-refractivity contribution >= 4 is 17.4 Å². The highest BCUT2D eigenvalue weighted by Gasteiger charge is 2.24. The van der Waals surface area contributed by atoms with Gasteiger partial charge in [0.05, 0.1) is 6.20 Å². The van der Waals surface area contributed by atoms with E-state index < -0.39 is 0 Å². The van der Waals surface area contributed by atoms with Crippen LogP contribution in [0.25, 0.3) is 0 Å². The van der Waals surface area contributed by atoms with E-state index in [1.165, 1.54) is 6.42 Å². The zero-order valence-electron chi connectivity index (χ0n) is 9.13. The van der Waals surface area contributed by atoms with Gasteiger partial charge in [0.2, 0.25) is 0 Å². The number of carbonyl (C=O) groups excluding carboxylic acids is 1. The first-order valence-corrected chi connectivity index (χ1v) is 6.35. The summed E-state index contributed by atoms with van der Waals surface area (Å²) in [6.45, 7) is 2.38. The minimum Gasteiger partial charge on any atom is -0.338 e. The van der Waals surface area contributed by atoms with E-state index in [1.807, 2.05) is 4.90 Å². The Morgan fingerprint density at radius 1 is 1.69 bits per heavy atom. The molecule has 16 heavy (non-hydrogen) atoms. The van der Waals surface area contributed by atoms with Crippen LogP contribution in [0.1, 0.15) is 28.9 Å². The number of hydrogen-bond donors (Lipinski definition) is 1. The Balaban J connectivity index is 1.96. The Morgan fingerprint density at radius 2 is 2.56 bits per heavy atom. The first kappa shape index (κ1) is 11.5. The molecule has 1 aromatic heterocycles. The lowest BCUT2D eigenvalue weighted by atomic mass is 9.95. The first-order chi connectivity index (χ1) is 7.81. The van der Waals surface area contributed by atoms with Gasteiger partial charge in [0.15, 0.2) is 0 Å². The second-order valence-corrected chi connectivity index (χ2v) is 4.90. The van der Waals surface area contributed by atoms with Gasteiger partial charge in [0, 0.05) is 13.1 Å². The van der Waals surface area contributed by atoms with Gasteiger partial charge < -0.3 is 10.6 Å². The fraction of sp³-hybridized carbons (Fsp3) is 0.700. The molecule has 2 N–H and O–H groups in total. The Bertz CT molecular complexity index is 339. The molecule has 1 saturated heterocycles. The summed E-state index contributed by atoms with van der Waals surface area (Å²) in [5, 5.41) is 3.69. The number of amides is 1. The second kappa shape index (κ2) is 5.36. The fourth-order valence-corrected chi connectivity index (χ4v) is 2.62. The van der Waals surface area contributed by atoms with Gasteiger partial charge in [-0.1, -0.05) is 4.49 Å². The molecule has 5 nitrogen and oxygen atoms in total. The Kier molecular flexibility index (Phi) is 3.84. The molecule has 88 valence electrons. The fourth-order valence-electron chi connectivity index (χ4n) is 2.14. The molecule has 2 heterocycles. The summed E-state index contributed by atoms with van der Waals surface area (Å²) in [6, 6.07) is 0. The summed E-state index contributed by atoms with van der Waals surface area (Å²) in [7, 11) is 0. The van der Waals surface area contributed by atoms with Crippen LogP contribution in [0.5, 0.6) is 0 Å². The molecule has 1 atom stereocenters. The van der Waals surface area contributed by atoms with Crippen molar-refractivity contribution in [1.82, 2.24) is 14.5 Å². The minimum atomic E-state index is 0.0664. The van der Waals surface area contributed by atoms with Crippen molar-refractivity contribution in [2.24, 2.45) is 11.7 Å². The largest absolute Gasteiger partial charge is 0.338 e. The predicted octanol–water partition coefficient (Wildman–Crippen LogP) is 0.739. The minimum absolute atomic E-state index is 0.0664. The van der Waals surface area contributed by atoms with E-state index in [-0.39, 0.29) is 5.91 Å². The average molecular weight is 240 g/mol. The van der Waals surface area contributed by atoms with Crippen molar-refractivity contribution < 1.29 is 4.79 Å². The lowest BCUT2D eigenvalue weighted by Gasteiger charge is -2.32. The maximum atomic E-state index is 12.0. The highest BCUT2D eigenvalue weighted by molar-refractivity contribution is 7.07. The van der Waals surface area contributed by atoms with Crippen LogP contribution in [0, 0.1) is 5.92 Å². The van der Waals surface area contributed by atoms with E-state index in [4.69, 9.17) is 5.73 Å². The lowest BCUT2D eigenvalue weighted by molar-refractivity contribution is 0.0674. The molecule has 0 saturated carbocycles. The number of rotatable bonds is 3. The quantitative estimate of drug-likeness (QED) is 0.845. The molecule has 0 spiro atoms. The number of piperidine rings is 1. The van der Waals surface area contributed by atoms with Crippen molar-refractivity contribution in [3.05, 3.63) is 11.1 Å². The zero-order chi connectivity index (χ0) is 11.4. The summed E-state index contributed by atoms with van der Waals surface area (Å²) in [5.41, 5.74) is 5.55. The van der Waals surface area contributed by atoms with E-state index >= 15 is 0 Å². The number of carbonyl (C=O) groups is 1. The van der Waals surface area contributed by atoms with Crippen LogP contribution in [-0.2, 0) is 0 Å². The molecule has 1 unspecified atom stereocenters. The van der Waals surface area contributed by atoms with E-state index in [0.29, 0.717) is 17.3 Å². The van der Waals surface area contributed by atoms with Crippen molar-refractivity contribution in [1.29, 1.82) is 0 Å². The molecular formula is C10H16N4OS. The molecule has 6 heteroatoms. The van der Waals surface area contributed by atoms with Crippen LogP contribution in [0.4, 0.5) is 0 Å². The van der Waals surface area contributed by atoms with Crippen LogP contribution < -0.4 is 5.73 Å². The second-order valence-electron chi connectivity index (χ2n) is 4.12. The summed E-state index contributed by atoms with van der Waals surface area (Å²) >= 11 is 1.16. The van der Waals surface area contributed by atoms with Gasteiger partial charge in [-0.15, -0.1) is 5.10 Å². The maximum absolute atomic E-state index is 12.0. The van der Waals surface area contributed by atoms with Gasteiger partial charge >= 0.3 is 0 Å². The SMILES string of the molecule is NCCC1CCCN(C(=O)c2cnns2)C1. The van der Waals surface area contributed by atoms with Crippen molar-refractivity contribution in [2.75, 3.05) is 19.6 Å². The van der Waals surface area contributed by atoms with Gasteiger partial charge in [-0.05, 0) is 43.3 Å². The van der Waals surface area contributed by atoms with Crippen LogP contribution in [-0.4, -0.2) is 40.0 Å². The third-order valence-corrected chi connectivity index (χ3v) is 3.61. The monoisotopic (exact) mass is 240 g/mol. The van der Waals surface area contributed by atoms with Crippen LogP contribution in [0.15, 0.2) is 6.20 Å².